The maximum atomic E-state index is 13.8. The van der Waals surface area contributed by atoms with Crippen molar-refractivity contribution in [3.8, 4) is 5.75 Å². The number of carbonyl (C=O) groups is 4. The van der Waals surface area contributed by atoms with Gasteiger partial charge in [-0.1, -0.05) is 42.5 Å². The van der Waals surface area contributed by atoms with E-state index < -0.39 is 47.8 Å². The maximum absolute atomic E-state index is 13.8. The Morgan fingerprint density at radius 1 is 0.953 bits per heavy atom. The Morgan fingerprint density at radius 2 is 1.60 bits per heavy atom. The molecular weight excluding hydrogens is 554 g/mol. The first-order chi connectivity index (χ1) is 20.7. The van der Waals surface area contributed by atoms with Crippen molar-refractivity contribution in [3.63, 3.8) is 0 Å². The number of methoxy groups -OCH3 is 1. The highest BCUT2D eigenvalue weighted by Gasteiger charge is 2.50. The fraction of sp³-hybridized carbons (Fsp3) is 0.500. The number of ether oxygens (including phenoxy) is 3. The van der Waals surface area contributed by atoms with E-state index in [4.69, 9.17) is 14.2 Å². The zero-order valence-electron chi connectivity index (χ0n) is 24.8. The van der Waals surface area contributed by atoms with Gasteiger partial charge >= 0.3 is 0 Å². The second-order valence-electron chi connectivity index (χ2n) is 11.2. The van der Waals surface area contributed by atoms with Crippen molar-refractivity contribution < 1.29 is 38.5 Å². The second-order valence-corrected chi connectivity index (χ2v) is 11.2. The molecule has 11 nitrogen and oxygen atoms in total. The third kappa shape index (κ3) is 9.42. The number of ketones is 2. The largest absolute Gasteiger partial charge is 0.497 e. The number of aliphatic hydroxyl groups is 1. The summed E-state index contributed by atoms with van der Waals surface area (Å²) in [6.07, 6.45) is 0.215. The smallest absolute Gasteiger partial charge is 0.234 e. The van der Waals surface area contributed by atoms with Crippen LogP contribution in [0.5, 0.6) is 5.75 Å². The number of benzene rings is 2. The Hall–Kier alpha value is -3.64. The molecule has 0 bridgehead atoms. The summed E-state index contributed by atoms with van der Waals surface area (Å²) in [7, 11) is 1.56. The topological polar surface area (TPSA) is 147 Å². The Kier molecular flexibility index (Phi) is 11.4. The molecule has 0 aromatic heterocycles. The molecule has 232 valence electrons. The van der Waals surface area contributed by atoms with Gasteiger partial charge in [-0.3, -0.25) is 24.1 Å². The van der Waals surface area contributed by atoms with Gasteiger partial charge in [-0.15, -0.1) is 0 Å². The molecule has 0 spiro atoms. The van der Waals surface area contributed by atoms with Crippen LogP contribution in [-0.2, 0) is 41.5 Å². The highest BCUT2D eigenvalue weighted by atomic mass is 16.6. The van der Waals surface area contributed by atoms with Crippen molar-refractivity contribution in [2.75, 3.05) is 53.2 Å². The zero-order chi connectivity index (χ0) is 30.8. The average Bonchev–Trinajstić information content (AvgIpc) is 3.78. The number of amides is 2. The maximum Gasteiger partial charge on any atom is 0.234 e. The Morgan fingerprint density at radius 3 is 2.21 bits per heavy atom. The summed E-state index contributed by atoms with van der Waals surface area (Å²) in [5.74, 6) is -1.80. The lowest BCUT2D eigenvalue weighted by atomic mass is 9.89. The van der Waals surface area contributed by atoms with Gasteiger partial charge in [-0.05, 0) is 43.0 Å². The molecule has 2 amide bonds. The highest BCUT2D eigenvalue weighted by Crippen LogP contribution is 2.29. The molecule has 4 rings (SSSR count). The van der Waals surface area contributed by atoms with E-state index in [1.54, 1.807) is 26.2 Å². The molecule has 4 atom stereocenters. The molecule has 2 aliphatic heterocycles. The third-order valence-corrected chi connectivity index (χ3v) is 7.85. The van der Waals surface area contributed by atoms with Gasteiger partial charge in [0.1, 0.15) is 17.4 Å². The molecule has 11 heteroatoms. The quantitative estimate of drug-likeness (QED) is 0.239. The van der Waals surface area contributed by atoms with Crippen LogP contribution < -0.4 is 15.4 Å². The standard InChI is InChI=1S/C32H41N3O8/c1-32(21-43-32)30(39)26(17-22-6-4-3-5-7-22)34-31(40)24(16-23-8-10-25(41-2)11-9-23)18-28(37)27(20-36)33-29(38)19-35-12-14-42-15-13-35/h3-11,24,26-27,36H,12-21H2,1-2H3,(H,33,38)(H,34,40)/t24-,26+,27-,32-/m1/s1. The van der Waals surface area contributed by atoms with Crippen LogP contribution in [0.25, 0.3) is 0 Å². The van der Waals surface area contributed by atoms with Gasteiger partial charge in [0.15, 0.2) is 11.6 Å². The van der Waals surface area contributed by atoms with Crippen LogP contribution in [0.1, 0.15) is 24.5 Å². The van der Waals surface area contributed by atoms with Crippen molar-refractivity contribution in [1.29, 1.82) is 0 Å². The fourth-order valence-electron chi connectivity index (χ4n) is 5.09. The Balaban J connectivity index is 1.49. The Bertz CT molecular complexity index is 1240. The summed E-state index contributed by atoms with van der Waals surface area (Å²) >= 11 is 0. The van der Waals surface area contributed by atoms with Gasteiger partial charge in [0.2, 0.25) is 11.8 Å². The summed E-state index contributed by atoms with van der Waals surface area (Å²) in [6.45, 7) is 3.70. The minimum atomic E-state index is -1.17. The van der Waals surface area contributed by atoms with Crippen LogP contribution in [0.3, 0.4) is 0 Å². The normalized spacial score (nSPS) is 20.3. The average molecular weight is 596 g/mol. The van der Waals surface area contributed by atoms with E-state index in [9.17, 15) is 24.3 Å². The van der Waals surface area contributed by atoms with E-state index in [0.717, 1.165) is 11.1 Å². The van der Waals surface area contributed by atoms with E-state index in [0.29, 0.717) is 32.1 Å². The van der Waals surface area contributed by atoms with Crippen LogP contribution >= 0.6 is 0 Å². The lowest BCUT2D eigenvalue weighted by molar-refractivity contribution is -0.135. The molecule has 3 N–H and O–H groups in total. The summed E-state index contributed by atoms with van der Waals surface area (Å²) in [5.41, 5.74) is 0.700. The monoisotopic (exact) mass is 595 g/mol. The van der Waals surface area contributed by atoms with Gasteiger partial charge in [0.25, 0.3) is 0 Å². The van der Waals surface area contributed by atoms with E-state index in [-0.39, 0.29) is 38.2 Å². The number of Topliss-reactive ketones (excluding diaryl/α,β-unsaturated/α-hetero) is 2. The number of aliphatic hydroxyl groups excluding tert-OH is 1. The SMILES string of the molecule is COc1ccc(C[C@H](CC(=O)[C@@H](CO)NC(=O)CN2CCOCC2)C(=O)N[C@@H](Cc2ccccc2)C(=O)[C@@]2(C)CO2)cc1. The van der Waals surface area contributed by atoms with Crippen LogP contribution in [0.2, 0.25) is 0 Å². The molecule has 0 saturated carbocycles. The van der Waals surface area contributed by atoms with Gasteiger partial charge < -0.3 is 30.0 Å². The fourth-order valence-corrected chi connectivity index (χ4v) is 5.09. The molecule has 0 unspecified atom stereocenters. The summed E-state index contributed by atoms with van der Waals surface area (Å²) in [4.78, 5) is 55.1. The van der Waals surface area contributed by atoms with Crippen molar-refractivity contribution in [1.82, 2.24) is 15.5 Å². The van der Waals surface area contributed by atoms with Crippen LogP contribution in [-0.4, -0.2) is 104 Å². The second kappa shape index (κ2) is 15.2. The number of nitrogens with zero attached hydrogens (tertiary/aromatic N) is 1. The molecule has 2 fully saturated rings. The molecule has 2 saturated heterocycles. The molecule has 0 radical (unpaired) electrons. The van der Waals surface area contributed by atoms with Gasteiger partial charge in [-0.25, -0.2) is 0 Å². The highest BCUT2D eigenvalue weighted by molar-refractivity contribution is 5.98. The number of hydrogen-bond donors (Lipinski definition) is 3. The van der Waals surface area contributed by atoms with Crippen LogP contribution in [0.15, 0.2) is 54.6 Å². The molecule has 2 aromatic rings. The van der Waals surface area contributed by atoms with Crippen LogP contribution in [0.4, 0.5) is 0 Å². The number of rotatable bonds is 16. The number of morpholine rings is 1. The van der Waals surface area contributed by atoms with E-state index in [1.165, 1.54) is 0 Å². The molecule has 43 heavy (non-hydrogen) atoms. The molecule has 0 aliphatic carbocycles. The first-order valence-corrected chi connectivity index (χ1v) is 14.6. The number of epoxide rings is 1. The van der Waals surface area contributed by atoms with E-state index in [1.807, 2.05) is 47.4 Å². The summed E-state index contributed by atoms with van der Waals surface area (Å²) in [5, 5.41) is 15.5. The van der Waals surface area contributed by atoms with Gasteiger partial charge in [0.05, 0.1) is 46.1 Å². The van der Waals surface area contributed by atoms with Crippen molar-refractivity contribution in [3.05, 3.63) is 65.7 Å². The predicted octanol–water partition coefficient (Wildman–Crippen LogP) is 0.708. The molecule has 2 heterocycles. The van der Waals surface area contributed by atoms with Crippen molar-refractivity contribution in [2.24, 2.45) is 5.92 Å². The number of nitrogens with one attached hydrogen (secondary N) is 2. The number of hydrogen-bond acceptors (Lipinski definition) is 9. The summed E-state index contributed by atoms with van der Waals surface area (Å²) in [6, 6.07) is 14.5. The minimum Gasteiger partial charge on any atom is -0.497 e. The van der Waals surface area contributed by atoms with Crippen molar-refractivity contribution >= 4 is 23.4 Å². The molecule has 2 aliphatic rings. The number of carbonyl (C=O) groups excluding carboxylic acids is 4. The van der Waals surface area contributed by atoms with Gasteiger partial charge in [-0.2, -0.15) is 0 Å². The lowest BCUT2D eigenvalue weighted by Crippen LogP contribution is -2.51. The van der Waals surface area contributed by atoms with Crippen LogP contribution in [0, 0.1) is 5.92 Å². The zero-order valence-corrected chi connectivity index (χ0v) is 24.8. The third-order valence-electron chi connectivity index (χ3n) is 7.85. The van der Waals surface area contributed by atoms with E-state index in [2.05, 4.69) is 10.6 Å². The van der Waals surface area contributed by atoms with Crippen molar-refractivity contribution in [2.45, 2.75) is 43.9 Å². The predicted molar refractivity (Wildman–Crippen MR) is 158 cm³/mol. The lowest BCUT2D eigenvalue weighted by Gasteiger charge is -2.27. The molecule has 2 aromatic carbocycles. The Labute approximate surface area is 251 Å². The first-order valence-electron chi connectivity index (χ1n) is 14.6. The van der Waals surface area contributed by atoms with Gasteiger partial charge in [0, 0.05) is 25.4 Å². The summed E-state index contributed by atoms with van der Waals surface area (Å²) < 4.78 is 15.9. The minimum absolute atomic E-state index is 0.0764. The van der Waals surface area contributed by atoms with E-state index >= 15 is 0 Å². The first kappa shape index (κ1) is 32.3. The molecular formula is C32H41N3O8.